The standard InChI is InChI=1S/C17H17NO6S3/c1-10-12(8-11-4-3-5-13(23-2)15(11)24-10)9-14-16(19)18(17(25)26-14)6-7-27(20,21)22/h3-5,8-10H,6-7H2,1-2H3,(H,20,21,22). The number of carbonyl (C=O) groups is 1. The van der Waals surface area contributed by atoms with Gasteiger partial charge in [-0.1, -0.05) is 36.1 Å². The molecule has 7 nitrogen and oxygen atoms in total. The third-order valence-electron chi connectivity index (χ3n) is 4.06. The van der Waals surface area contributed by atoms with Gasteiger partial charge in [-0.25, -0.2) is 0 Å². The summed E-state index contributed by atoms with van der Waals surface area (Å²) in [6.07, 6.45) is 3.30. The molecule has 1 aromatic rings. The molecule has 2 heterocycles. The number of carbonyl (C=O) groups excluding carboxylic acids is 1. The first-order chi connectivity index (χ1) is 12.7. The van der Waals surface area contributed by atoms with Gasteiger partial charge < -0.3 is 9.47 Å². The van der Waals surface area contributed by atoms with E-state index in [9.17, 15) is 13.2 Å². The van der Waals surface area contributed by atoms with Gasteiger partial charge in [-0.15, -0.1) is 0 Å². The first-order valence-electron chi connectivity index (χ1n) is 7.95. The van der Waals surface area contributed by atoms with Gasteiger partial charge >= 0.3 is 0 Å². The molecule has 1 aromatic carbocycles. The summed E-state index contributed by atoms with van der Waals surface area (Å²) in [6, 6.07) is 5.54. The molecule has 0 radical (unpaired) electrons. The molecule has 1 amide bonds. The SMILES string of the molecule is COc1cccc2c1OC(C)C(C=C1SC(=S)N(CCS(=O)(=O)O)C1=O)=C2. The maximum Gasteiger partial charge on any atom is 0.266 e. The highest BCUT2D eigenvalue weighted by Crippen LogP contribution is 2.39. The van der Waals surface area contributed by atoms with Crippen LogP contribution in [0.5, 0.6) is 11.5 Å². The van der Waals surface area contributed by atoms with Crippen molar-refractivity contribution in [1.82, 2.24) is 4.90 Å². The Hall–Kier alpha value is -1.88. The number of para-hydroxylation sites is 1. The number of ether oxygens (including phenoxy) is 2. The van der Waals surface area contributed by atoms with Gasteiger partial charge in [-0.2, -0.15) is 8.42 Å². The number of hydrogen-bond acceptors (Lipinski definition) is 7. The van der Waals surface area contributed by atoms with Crippen LogP contribution in [-0.4, -0.2) is 53.6 Å². The van der Waals surface area contributed by atoms with Gasteiger partial charge in [-0.05, 0) is 30.7 Å². The van der Waals surface area contributed by atoms with Gasteiger partial charge in [0.1, 0.15) is 10.4 Å². The van der Waals surface area contributed by atoms with Crippen LogP contribution in [0.15, 0.2) is 34.8 Å². The lowest BCUT2D eigenvalue weighted by Gasteiger charge is -2.24. The summed E-state index contributed by atoms with van der Waals surface area (Å²) in [5.74, 6) is 0.317. The number of fused-ring (bicyclic) bond motifs is 1. The Kier molecular flexibility index (Phi) is 5.61. The highest BCUT2D eigenvalue weighted by Gasteiger charge is 2.33. The monoisotopic (exact) mass is 427 g/mol. The number of amides is 1. The lowest BCUT2D eigenvalue weighted by Crippen LogP contribution is -2.32. The Balaban J connectivity index is 1.87. The van der Waals surface area contributed by atoms with Crippen LogP contribution >= 0.6 is 24.0 Å². The van der Waals surface area contributed by atoms with Crippen molar-refractivity contribution in [1.29, 1.82) is 0 Å². The zero-order valence-corrected chi connectivity index (χ0v) is 17.0. The second kappa shape index (κ2) is 7.63. The Morgan fingerprint density at radius 3 is 2.85 bits per heavy atom. The molecular formula is C17H17NO6S3. The quantitative estimate of drug-likeness (QED) is 0.435. The summed E-state index contributed by atoms with van der Waals surface area (Å²) in [6.45, 7) is 1.67. The average Bonchev–Trinajstić information content (AvgIpc) is 2.86. The average molecular weight is 428 g/mol. The molecule has 0 saturated carbocycles. The predicted molar refractivity (Wildman–Crippen MR) is 107 cm³/mol. The number of benzene rings is 1. The van der Waals surface area contributed by atoms with Gasteiger partial charge in [0.15, 0.2) is 11.5 Å². The van der Waals surface area contributed by atoms with E-state index in [2.05, 4.69) is 0 Å². The maximum atomic E-state index is 12.5. The summed E-state index contributed by atoms with van der Waals surface area (Å²) >= 11 is 6.25. The molecule has 10 heteroatoms. The van der Waals surface area contributed by atoms with Crippen LogP contribution in [0.4, 0.5) is 0 Å². The van der Waals surface area contributed by atoms with Crippen LogP contribution in [-0.2, 0) is 14.9 Å². The minimum Gasteiger partial charge on any atom is -0.493 e. The van der Waals surface area contributed by atoms with Crippen LogP contribution in [0, 0.1) is 0 Å². The number of methoxy groups -OCH3 is 1. The summed E-state index contributed by atoms with van der Waals surface area (Å²) in [7, 11) is -2.61. The Morgan fingerprint density at radius 2 is 2.19 bits per heavy atom. The minimum absolute atomic E-state index is 0.189. The first kappa shape index (κ1) is 19.9. The Morgan fingerprint density at radius 1 is 1.44 bits per heavy atom. The molecular weight excluding hydrogens is 410 g/mol. The van der Waals surface area contributed by atoms with Crippen LogP contribution in [0.3, 0.4) is 0 Å². The van der Waals surface area contributed by atoms with E-state index in [0.717, 1.165) is 22.9 Å². The number of nitrogens with zero attached hydrogens (tertiary/aromatic N) is 1. The number of hydrogen-bond donors (Lipinski definition) is 1. The van der Waals surface area contributed by atoms with E-state index >= 15 is 0 Å². The summed E-state index contributed by atoms with van der Waals surface area (Å²) < 4.78 is 42.2. The zero-order chi connectivity index (χ0) is 19.8. The zero-order valence-electron chi connectivity index (χ0n) is 14.5. The molecule has 0 bridgehead atoms. The van der Waals surface area contributed by atoms with Crippen molar-refractivity contribution < 1.29 is 27.2 Å². The third-order valence-corrected chi connectivity index (χ3v) is 6.14. The Labute approximate surface area is 166 Å². The van der Waals surface area contributed by atoms with E-state index < -0.39 is 21.8 Å². The normalized spacial score (nSPS) is 21.1. The molecule has 1 saturated heterocycles. The molecule has 0 aliphatic carbocycles. The van der Waals surface area contributed by atoms with E-state index in [1.165, 1.54) is 4.90 Å². The molecule has 1 fully saturated rings. The first-order valence-corrected chi connectivity index (χ1v) is 10.8. The van der Waals surface area contributed by atoms with Crippen molar-refractivity contribution in [3.63, 3.8) is 0 Å². The molecule has 0 aromatic heterocycles. The highest BCUT2D eigenvalue weighted by molar-refractivity contribution is 8.26. The van der Waals surface area contributed by atoms with Crippen molar-refractivity contribution in [3.05, 3.63) is 40.3 Å². The second-order valence-corrected chi connectivity index (χ2v) is 9.15. The van der Waals surface area contributed by atoms with E-state index in [1.54, 1.807) is 13.2 Å². The van der Waals surface area contributed by atoms with Crippen molar-refractivity contribution in [2.45, 2.75) is 13.0 Å². The molecule has 2 aliphatic rings. The molecule has 2 aliphatic heterocycles. The van der Waals surface area contributed by atoms with Crippen LogP contribution in [0.2, 0.25) is 0 Å². The number of thiocarbonyl (C=S) groups is 1. The van der Waals surface area contributed by atoms with Gasteiger partial charge in [0, 0.05) is 12.1 Å². The number of thioether (sulfide) groups is 1. The van der Waals surface area contributed by atoms with Crippen molar-refractivity contribution in [2.75, 3.05) is 19.4 Å². The van der Waals surface area contributed by atoms with E-state index in [0.29, 0.717) is 16.4 Å². The smallest absolute Gasteiger partial charge is 0.266 e. The minimum atomic E-state index is -4.18. The lowest BCUT2D eigenvalue weighted by molar-refractivity contribution is -0.122. The van der Waals surface area contributed by atoms with Crippen LogP contribution in [0.1, 0.15) is 12.5 Å². The maximum absolute atomic E-state index is 12.5. The molecule has 0 spiro atoms. The van der Waals surface area contributed by atoms with Crippen molar-refractivity contribution >= 4 is 50.4 Å². The van der Waals surface area contributed by atoms with Crippen LogP contribution in [0.25, 0.3) is 6.08 Å². The fourth-order valence-electron chi connectivity index (χ4n) is 2.68. The van der Waals surface area contributed by atoms with Gasteiger partial charge in [0.25, 0.3) is 16.0 Å². The molecule has 27 heavy (non-hydrogen) atoms. The molecule has 1 N–H and O–H groups in total. The fourth-order valence-corrected chi connectivity index (χ4v) is 4.41. The van der Waals surface area contributed by atoms with Crippen molar-refractivity contribution in [3.8, 4) is 11.5 Å². The predicted octanol–water partition coefficient (Wildman–Crippen LogP) is 2.49. The van der Waals surface area contributed by atoms with Crippen molar-refractivity contribution in [2.24, 2.45) is 0 Å². The van der Waals surface area contributed by atoms with Gasteiger partial charge in [-0.3, -0.25) is 14.2 Å². The highest BCUT2D eigenvalue weighted by atomic mass is 32.2. The molecule has 1 unspecified atom stereocenters. The summed E-state index contributed by atoms with van der Waals surface area (Å²) in [5, 5.41) is 0. The third kappa shape index (κ3) is 4.34. The molecule has 144 valence electrons. The molecule has 1 atom stereocenters. The Bertz CT molecular complexity index is 967. The topological polar surface area (TPSA) is 93.1 Å². The summed E-state index contributed by atoms with van der Waals surface area (Å²) in [5.41, 5.74) is 1.62. The summed E-state index contributed by atoms with van der Waals surface area (Å²) in [4.78, 5) is 14.1. The molecule has 3 rings (SSSR count). The second-order valence-electron chi connectivity index (χ2n) is 5.90. The van der Waals surface area contributed by atoms with E-state index in [1.807, 2.05) is 31.2 Å². The van der Waals surface area contributed by atoms with Gasteiger partial charge in [0.2, 0.25) is 0 Å². The largest absolute Gasteiger partial charge is 0.493 e. The lowest BCUT2D eigenvalue weighted by atomic mass is 10.0. The number of rotatable bonds is 5. The van der Waals surface area contributed by atoms with Gasteiger partial charge in [0.05, 0.1) is 17.8 Å². The van der Waals surface area contributed by atoms with E-state index in [-0.39, 0.29) is 17.0 Å². The van der Waals surface area contributed by atoms with Crippen LogP contribution < -0.4 is 9.47 Å². The fraction of sp³-hybridized carbons (Fsp3) is 0.294. The van der Waals surface area contributed by atoms with E-state index in [4.69, 9.17) is 26.2 Å².